The third kappa shape index (κ3) is 4.58. The molecule has 0 aliphatic rings. The topological polar surface area (TPSA) is 56.8 Å². The van der Waals surface area contributed by atoms with Crippen LogP contribution in [0.4, 0.5) is 5.69 Å². The molecule has 0 aromatic heterocycles. The van der Waals surface area contributed by atoms with E-state index in [0.29, 0.717) is 28.5 Å². The summed E-state index contributed by atoms with van der Waals surface area (Å²) in [5.74, 6) is 2.32. The van der Waals surface area contributed by atoms with Crippen molar-refractivity contribution in [3.63, 3.8) is 0 Å². The van der Waals surface area contributed by atoms with Crippen LogP contribution >= 0.6 is 0 Å². The quantitative estimate of drug-likeness (QED) is 0.665. The molecule has 0 spiro atoms. The van der Waals surface area contributed by atoms with E-state index in [-0.39, 0.29) is 5.91 Å². The Hall–Kier alpha value is -3.47. The summed E-state index contributed by atoms with van der Waals surface area (Å²) in [6.45, 7) is 2.01. The van der Waals surface area contributed by atoms with Gasteiger partial charge in [0.2, 0.25) is 0 Å². The van der Waals surface area contributed by atoms with Crippen molar-refractivity contribution >= 4 is 11.6 Å². The fraction of sp³-hybridized carbons (Fsp3) is 0.136. The standard InChI is InChI=1S/C22H21NO4/c1-15-5-4-6-19(13-15)27-18-10-8-17(9-11-18)23-22(24)16-7-12-20(25-2)21(14-16)26-3/h4-14H,1-3H3,(H,23,24). The SMILES string of the molecule is COc1ccc(C(=O)Nc2ccc(Oc3cccc(C)c3)cc2)cc1OC. The number of nitrogens with one attached hydrogen (secondary N) is 1. The maximum atomic E-state index is 12.5. The molecule has 5 heteroatoms. The van der Waals surface area contributed by atoms with Gasteiger partial charge in [0.15, 0.2) is 11.5 Å². The minimum Gasteiger partial charge on any atom is -0.493 e. The molecule has 3 rings (SSSR count). The summed E-state index contributed by atoms with van der Waals surface area (Å²) < 4.78 is 16.2. The lowest BCUT2D eigenvalue weighted by atomic mass is 10.2. The van der Waals surface area contributed by atoms with Crippen LogP contribution in [0.25, 0.3) is 0 Å². The molecule has 5 nitrogen and oxygen atoms in total. The van der Waals surface area contributed by atoms with Gasteiger partial charge in [-0.2, -0.15) is 0 Å². The molecule has 3 aromatic carbocycles. The van der Waals surface area contributed by atoms with Crippen LogP contribution in [0.1, 0.15) is 15.9 Å². The molecule has 0 fully saturated rings. The van der Waals surface area contributed by atoms with Gasteiger partial charge < -0.3 is 19.5 Å². The Morgan fingerprint density at radius 3 is 2.22 bits per heavy atom. The van der Waals surface area contributed by atoms with Gasteiger partial charge in [-0.15, -0.1) is 0 Å². The summed E-state index contributed by atoms with van der Waals surface area (Å²) in [7, 11) is 3.09. The van der Waals surface area contributed by atoms with E-state index in [1.807, 2.05) is 43.3 Å². The normalized spacial score (nSPS) is 10.2. The molecular weight excluding hydrogens is 342 g/mol. The Morgan fingerprint density at radius 1 is 0.815 bits per heavy atom. The predicted molar refractivity (Wildman–Crippen MR) is 105 cm³/mol. The molecule has 0 saturated heterocycles. The van der Waals surface area contributed by atoms with Crippen LogP contribution in [0, 0.1) is 6.92 Å². The smallest absolute Gasteiger partial charge is 0.255 e. The Kier molecular flexibility index (Phi) is 5.61. The van der Waals surface area contributed by atoms with Crippen LogP contribution in [0.2, 0.25) is 0 Å². The number of methoxy groups -OCH3 is 2. The van der Waals surface area contributed by atoms with Crippen LogP contribution in [-0.4, -0.2) is 20.1 Å². The zero-order valence-corrected chi connectivity index (χ0v) is 15.5. The molecular formula is C22H21NO4. The molecule has 0 atom stereocenters. The second-order valence-corrected chi connectivity index (χ2v) is 5.97. The molecule has 0 radical (unpaired) electrons. The molecule has 3 aromatic rings. The molecule has 0 bridgehead atoms. The lowest BCUT2D eigenvalue weighted by molar-refractivity contribution is 0.102. The lowest BCUT2D eigenvalue weighted by Gasteiger charge is -2.11. The van der Waals surface area contributed by atoms with Gasteiger partial charge >= 0.3 is 0 Å². The summed E-state index contributed by atoms with van der Waals surface area (Å²) in [6, 6.07) is 20.1. The number of benzene rings is 3. The van der Waals surface area contributed by atoms with Gasteiger partial charge in [-0.25, -0.2) is 0 Å². The largest absolute Gasteiger partial charge is 0.493 e. The minimum atomic E-state index is -0.233. The van der Waals surface area contributed by atoms with Crippen molar-refractivity contribution in [1.82, 2.24) is 0 Å². The minimum absolute atomic E-state index is 0.233. The Morgan fingerprint density at radius 2 is 1.56 bits per heavy atom. The van der Waals surface area contributed by atoms with Crippen molar-refractivity contribution in [3.05, 3.63) is 77.9 Å². The molecule has 27 heavy (non-hydrogen) atoms. The van der Waals surface area contributed by atoms with Crippen molar-refractivity contribution in [2.24, 2.45) is 0 Å². The maximum absolute atomic E-state index is 12.5. The first-order chi connectivity index (χ1) is 13.1. The van der Waals surface area contributed by atoms with E-state index in [1.54, 1.807) is 37.4 Å². The number of hydrogen-bond donors (Lipinski definition) is 1. The molecule has 0 unspecified atom stereocenters. The molecule has 138 valence electrons. The highest BCUT2D eigenvalue weighted by atomic mass is 16.5. The third-order valence-electron chi connectivity index (χ3n) is 3.98. The maximum Gasteiger partial charge on any atom is 0.255 e. The van der Waals surface area contributed by atoms with Crippen molar-refractivity contribution in [1.29, 1.82) is 0 Å². The first-order valence-corrected chi connectivity index (χ1v) is 8.47. The van der Waals surface area contributed by atoms with Crippen LogP contribution < -0.4 is 19.5 Å². The van der Waals surface area contributed by atoms with Crippen LogP contribution in [0.15, 0.2) is 66.7 Å². The van der Waals surface area contributed by atoms with Gasteiger partial charge in [0, 0.05) is 11.3 Å². The van der Waals surface area contributed by atoms with Crippen LogP contribution in [-0.2, 0) is 0 Å². The molecule has 0 aliphatic carbocycles. The highest BCUT2D eigenvalue weighted by molar-refractivity contribution is 6.04. The average Bonchev–Trinajstić information content (AvgIpc) is 2.69. The van der Waals surface area contributed by atoms with Gasteiger partial charge in [0.25, 0.3) is 5.91 Å². The summed E-state index contributed by atoms with van der Waals surface area (Å²) in [4.78, 5) is 12.5. The van der Waals surface area contributed by atoms with E-state index in [1.165, 1.54) is 7.11 Å². The van der Waals surface area contributed by atoms with Crippen molar-refractivity contribution in [3.8, 4) is 23.0 Å². The number of rotatable bonds is 6. The van der Waals surface area contributed by atoms with E-state index in [9.17, 15) is 4.79 Å². The predicted octanol–water partition coefficient (Wildman–Crippen LogP) is 5.06. The summed E-state index contributed by atoms with van der Waals surface area (Å²) in [5.41, 5.74) is 2.28. The van der Waals surface area contributed by atoms with Crippen molar-refractivity contribution < 1.29 is 19.0 Å². The monoisotopic (exact) mass is 363 g/mol. The fourth-order valence-corrected chi connectivity index (χ4v) is 2.60. The summed E-state index contributed by atoms with van der Waals surface area (Å²) in [6.07, 6.45) is 0. The van der Waals surface area contributed by atoms with E-state index in [2.05, 4.69) is 5.32 Å². The number of anilines is 1. The van der Waals surface area contributed by atoms with Crippen LogP contribution in [0.5, 0.6) is 23.0 Å². The number of carbonyl (C=O) groups is 1. The van der Waals surface area contributed by atoms with E-state index in [4.69, 9.17) is 14.2 Å². The number of ether oxygens (including phenoxy) is 3. The third-order valence-corrected chi connectivity index (χ3v) is 3.98. The van der Waals surface area contributed by atoms with Gasteiger partial charge in [-0.3, -0.25) is 4.79 Å². The Balaban J connectivity index is 1.68. The number of carbonyl (C=O) groups excluding carboxylic acids is 1. The average molecular weight is 363 g/mol. The second-order valence-electron chi connectivity index (χ2n) is 5.97. The summed E-state index contributed by atoms with van der Waals surface area (Å²) in [5, 5.41) is 2.86. The highest BCUT2D eigenvalue weighted by Gasteiger charge is 2.11. The lowest BCUT2D eigenvalue weighted by Crippen LogP contribution is -2.12. The fourth-order valence-electron chi connectivity index (χ4n) is 2.60. The zero-order valence-electron chi connectivity index (χ0n) is 15.5. The highest BCUT2D eigenvalue weighted by Crippen LogP contribution is 2.28. The molecule has 0 heterocycles. The van der Waals surface area contributed by atoms with Crippen LogP contribution in [0.3, 0.4) is 0 Å². The van der Waals surface area contributed by atoms with Gasteiger partial charge in [0.05, 0.1) is 14.2 Å². The molecule has 1 amide bonds. The number of aryl methyl sites for hydroxylation is 1. The van der Waals surface area contributed by atoms with Crippen molar-refractivity contribution in [2.75, 3.05) is 19.5 Å². The number of hydrogen-bond acceptors (Lipinski definition) is 4. The first kappa shape index (κ1) is 18.3. The first-order valence-electron chi connectivity index (χ1n) is 8.47. The molecule has 1 N–H and O–H groups in total. The molecule has 0 saturated carbocycles. The van der Waals surface area contributed by atoms with E-state index < -0.39 is 0 Å². The zero-order chi connectivity index (χ0) is 19.2. The van der Waals surface area contributed by atoms with Crippen molar-refractivity contribution in [2.45, 2.75) is 6.92 Å². The Bertz CT molecular complexity index is 935. The molecule has 0 aliphatic heterocycles. The van der Waals surface area contributed by atoms with Gasteiger partial charge in [-0.05, 0) is 67.1 Å². The second kappa shape index (κ2) is 8.27. The Labute approximate surface area is 158 Å². The summed E-state index contributed by atoms with van der Waals surface area (Å²) >= 11 is 0. The van der Waals surface area contributed by atoms with E-state index >= 15 is 0 Å². The van der Waals surface area contributed by atoms with Gasteiger partial charge in [-0.1, -0.05) is 12.1 Å². The van der Waals surface area contributed by atoms with Gasteiger partial charge in [0.1, 0.15) is 11.5 Å². The van der Waals surface area contributed by atoms with E-state index in [0.717, 1.165) is 11.3 Å². The number of amides is 1.